The lowest BCUT2D eigenvalue weighted by Crippen LogP contribution is -2.25. The first-order valence-electron chi connectivity index (χ1n) is 5.18. The quantitative estimate of drug-likeness (QED) is 0.654. The van der Waals surface area contributed by atoms with E-state index < -0.39 is 16.0 Å². The second-order valence-corrected chi connectivity index (χ2v) is 6.23. The minimum Gasteiger partial charge on any atom is -0.481 e. The molecule has 0 fully saturated rings. The number of hydrogen-bond acceptors (Lipinski definition) is 5. The van der Waals surface area contributed by atoms with E-state index in [4.69, 9.17) is 5.11 Å². The molecule has 0 atom stereocenters. The first-order chi connectivity index (χ1) is 8.45. The summed E-state index contributed by atoms with van der Waals surface area (Å²) in [5.74, 6) is -0.264. The molecule has 0 saturated carbocycles. The van der Waals surface area contributed by atoms with Crippen molar-refractivity contribution < 1.29 is 18.3 Å². The number of nitrogens with zero attached hydrogens (tertiary/aromatic N) is 2. The van der Waals surface area contributed by atoms with Gasteiger partial charge in [-0.05, 0) is 6.26 Å². The normalized spacial score (nSPS) is 11.6. The Balaban J connectivity index is 2.63. The Morgan fingerprint density at radius 3 is 2.94 bits per heavy atom. The van der Waals surface area contributed by atoms with Gasteiger partial charge < -0.3 is 5.11 Å². The van der Waals surface area contributed by atoms with Crippen LogP contribution in [0.15, 0.2) is 17.3 Å². The molecule has 0 aromatic carbocycles. The van der Waals surface area contributed by atoms with Gasteiger partial charge in [-0.25, -0.2) is 13.1 Å². The molecule has 0 aliphatic carbocycles. The van der Waals surface area contributed by atoms with E-state index in [0.29, 0.717) is 12.3 Å². The second-order valence-electron chi connectivity index (χ2n) is 3.47. The maximum Gasteiger partial charge on any atom is 0.305 e. The third kappa shape index (κ3) is 4.67. The molecule has 7 nitrogen and oxygen atoms in total. The third-order valence-electron chi connectivity index (χ3n) is 2.07. The first kappa shape index (κ1) is 15.0. The number of sulfonamides is 1. The predicted octanol–water partition coefficient (Wildman–Crippen LogP) is -0.000900. The largest absolute Gasteiger partial charge is 0.481 e. The average molecular weight is 293 g/mol. The van der Waals surface area contributed by atoms with Gasteiger partial charge >= 0.3 is 5.97 Å². The molecule has 1 rings (SSSR count). The Morgan fingerprint density at radius 1 is 1.61 bits per heavy atom. The van der Waals surface area contributed by atoms with Gasteiger partial charge in [0, 0.05) is 18.5 Å². The number of rotatable bonds is 8. The molecule has 0 saturated heterocycles. The summed E-state index contributed by atoms with van der Waals surface area (Å²) < 4.78 is 27.3. The summed E-state index contributed by atoms with van der Waals surface area (Å²) in [6, 6.07) is 0. The van der Waals surface area contributed by atoms with E-state index >= 15 is 0 Å². The third-order valence-corrected chi connectivity index (χ3v) is 4.10. The van der Waals surface area contributed by atoms with Gasteiger partial charge in [0.2, 0.25) is 10.0 Å². The van der Waals surface area contributed by atoms with E-state index in [9.17, 15) is 13.2 Å². The number of aryl methyl sites for hydroxylation is 1. The zero-order valence-corrected chi connectivity index (χ0v) is 11.5. The van der Waals surface area contributed by atoms with Crippen LogP contribution in [0, 0.1) is 0 Å². The second kappa shape index (κ2) is 6.76. The number of hydrogen-bond donors (Lipinski definition) is 2. The van der Waals surface area contributed by atoms with Gasteiger partial charge in [-0.2, -0.15) is 16.9 Å². The molecule has 0 radical (unpaired) electrons. The molecular weight excluding hydrogens is 278 g/mol. The number of aromatic nitrogens is 2. The standard InChI is InChI=1S/C9H15N3O4S2/c1-17-5-3-11-18(15,16)8-6-10-12(7-8)4-2-9(13)14/h6-7,11H,2-5H2,1H3,(H,13,14). The molecule has 0 spiro atoms. The minimum atomic E-state index is -3.54. The summed E-state index contributed by atoms with van der Waals surface area (Å²) in [5, 5.41) is 12.3. The Kier molecular flexibility index (Phi) is 5.63. The van der Waals surface area contributed by atoms with Crippen molar-refractivity contribution in [1.29, 1.82) is 0 Å². The van der Waals surface area contributed by atoms with Gasteiger partial charge in [-0.15, -0.1) is 0 Å². The van der Waals surface area contributed by atoms with Crippen LogP contribution in [0.4, 0.5) is 0 Å². The molecule has 0 amide bonds. The molecule has 102 valence electrons. The van der Waals surface area contributed by atoms with E-state index in [1.807, 2.05) is 6.26 Å². The lowest BCUT2D eigenvalue weighted by Gasteiger charge is -2.02. The van der Waals surface area contributed by atoms with Crippen LogP contribution < -0.4 is 4.72 Å². The van der Waals surface area contributed by atoms with Gasteiger partial charge in [-0.3, -0.25) is 9.48 Å². The topological polar surface area (TPSA) is 101 Å². The van der Waals surface area contributed by atoms with Crippen molar-refractivity contribution in [3.05, 3.63) is 12.4 Å². The van der Waals surface area contributed by atoms with E-state index in [1.165, 1.54) is 17.1 Å². The van der Waals surface area contributed by atoms with Crippen LogP contribution in [0.2, 0.25) is 0 Å². The monoisotopic (exact) mass is 293 g/mol. The van der Waals surface area contributed by atoms with Crippen LogP contribution in [0.5, 0.6) is 0 Å². The van der Waals surface area contributed by atoms with Gasteiger partial charge in [0.1, 0.15) is 4.90 Å². The fourth-order valence-electron chi connectivity index (χ4n) is 1.18. The highest BCUT2D eigenvalue weighted by Gasteiger charge is 2.15. The molecule has 0 bridgehead atoms. The summed E-state index contributed by atoms with van der Waals surface area (Å²) in [7, 11) is -3.54. The van der Waals surface area contributed by atoms with Crippen molar-refractivity contribution in [1.82, 2.24) is 14.5 Å². The van der Waals surface area contributed by atoms with Crippen LogP contribution in [0.3, 0.4) is 0 Å². The van der Waals surface area contributed by atoms with Crippen molar-refractivity contribution >= 4 is 27.8 Å². The number of carboxylic acids is 1. The molecule has 1 heterocycles. The van der Waals surface area contributed by atoms with Crippen LogP contribution in [-0.4, -0.2) is 47.8 Å². The van der Waals surface area contributed by atoms with Gasteiger partial charge in [0.15, 0.2) is 0 Å². The highest BCUT2D eigenvalue weighted by Crippen LogP contribution is 2.07. The average Bonchev–Trinajstić information content (AvgIpc) is 2.76. The van der Waals surface area contributed by atoms with Crippen molar-refractivity contribution in [2.24, 2.45) is 0 Å². The molecule has 18 heavy (non-hydrogen) atoms. The first-order valence-corrected chi connectivity index (χ1v) is 8.06. The lowest BCUT2D eigenvalue weighted by molar-refractivity contribution is -0.137. The highest BCUT2D eigenvalue weighted by atomic mass is 32.2. The van der Waals surface area contributed by atoms with Crippen LogP contribution in [-0.2, 0) is 21.4 Å². The fraction of sp³-hybridized carbons (Fsp3) is 0.556. The van der Waals surface area contributed by atoms with E-state index in [0.717, 1.165) is 0 Å². The molecule has 2 N–H and O–H groups in total. The van der Waals surface area contributed by atoms with Gasteiger partial charge in [0.25, 0.3) is 0 Å². The Labute approximate surface area is 110 Å². The van der Waals surface area contributed by atoms with Gasteiger partial charge in [0.05, 0.1) is 19.2 Å². The molecule has 9 heteroatoms. The van der Waals surface area contributed by atoms with E-state index in [-0.39, 0.29) is 17.9 Å². The van der Waals surface area contributed by atoms with E-state index in [2.05, 4.69) is 9.82 Å². The lowest BCUT2D eigenvalue weighted by atomic mass is 10.4. The highest BCUT2D eigenvalue weighted by molar-refractivity contribution is 7.98. The van der Waals surface area contributed by atoms with E-state index in [1.54, 1.807) is 11.8 Å². The number of carbonyl (C=O) groups is 1. The molecule has 0 unspecified atom stereocenters. The fourth-order valence-corrected chi connectivity index (χ4v) is 2.60. The zero-order valence-electron chi connectivity index (χ0n) is 9.87. The van der Waals surface area contributed by atoms with Crippen molar-refractivity contribution in [3.8, 4) is 0 Å². The van der Waals surface area contributed by atoms with Crippen molar-refractivity contribution in [2.45, 2.75) is 17.9 Å². The molecule has 1 aromatic heterocycles. The Bertz CT molecular complexity index is 498. The SMILES string of the molecule is CSCCNS(=O)(=O)c1cnn(CCC(=O)O)c1. The van der Waals surface area contributed by atoms with Crippen molar-refractivity contribution in [2.75, 3.05) is 18.6 Å². The number of aliphatic carboxylic acids is 1. The maximum absolute atomic E-state index is 11.8. The number of carboxylic acid groups (broad SMARTS) is 1. The summed E-state index contributed by atoms with van der Waals surface area (Å²) in [4.78, 5) is 10.4. The maximum atomic E-state index is 11.8. The molecular formula is C9H15N3O4S2. The van der Waals surface area contributed by atoms with Crippen LogP contribution >= 0.6 is 11.8 Å². The van der Waals surface area contributed by atoms with Gasteiger partial charge in [-0.1, -0.05) is 0 Å². The smallest absolute Gasteiger partial charge is 0.305 e. The Morgan fingerprint density at radius 2 is 2.33 bits per heavy atom. The molecule has 0 aliphatic rings. The van der Waals surface area contributed by atoms with Crippen LogP contribution in [0.1, 0.15) is 6.42 Å². The minimum absolute atomic E-state index is 0.0500. The predicted molar refractivity (Wildman–Crippen MR) is 68.1 cm³/mol. The number of nitrogens with one attached hydrogen (secondary N) is 1. The zero-order chi connectivity index (χ0) is 13.6. The summed E-state index contributed by atoms with van der Waals surface area (Å²) in [5.41, 5.74) is 0. The summed E-state index contributed by atoms with van der Waals surface area (Å²) in [6.45, 7) is 0.499. The van der Waals surface area contributed by atoms with Crippen molar-refractivity contribution in [3.63, 3.8) is 0 Å². The molecule has 0 aliphatic heterocycles. The molecule has 1 aromatic rings. The summed E-state index contributed by atoms with van der Waals surface area (Å²) in [6.07, 6.45) is 4.33. The number of thioether (sulfide) groups is 1. The van der Waals surface area contributed by atoms with Crippen LogP contribution in [0.25, 0.3) is 0 Å². The Hall–Kier alpha value is -1.06. The summed E-state index contributed by atoms with van der Waals surface area (Å²) >= 11 is 1.54.